The third kappa shape index (κ3) is 4.64. The Morgan fingerprint density at radius 2 is 1.92 bits per heavy atom. The lowest BCUT2D eigenvalue weighted by atomic mass is 9.93. The number of rotatable bonds is 7. The Hall–Kier alpha value is -1.87. The maximum atomic E-state index is 14.1. The van der Waals surface area contributed by atoms with Crippen LogP contribution in [0.5, 0.6) is 5.75 Å². The number of hydrogen-bond donors (Lipinski definition) is 0. The van der Waals surface area contributed by atoms with Gasteiger partial charge in [-0.1, -0.05) is 31.9 Å². The highest BCUT2D eigenvalue weighted by Gasteiger charge is 2.26. The normalized spacial score (nSPS) is 13.2. The number of benzene rings is 2. The number of methoxy groups -OCH3 is 1. The molecule has 0 aliphatic carbocycles. The van der Waals surface area contributed by atoms with Gasteiger partial charge in [0.1, 0.15) is 18.1 Å². The lowest BCUT2D eigenvalue weighted by molar-refractivity contribution is -0.546. The van der Waals surface area contributed by atoms with E-state index in [1.807, 2.05) is 18.2 Å². The van der Waals surface area contributed by atoms with Crippen LogP contribution in [0.25, 0.3) is 0 Å². The molecule has 2 aromatic rings. The molecular weight excluding hydrogens is 349 g/mol. The standard InChI is InChI=1S/C22H27FNO.ClH/c1-3-4-5-10-22-20-12-11-19(25-2)15-17(20)13-14-24(22)16-18-8-6-7-9-21(18)23;/h6-9,11-12,15H,3-5,10,13-14,16H2,1-2H3;1H/q+1;/p-1. The Kier molecular flexibility index (Phi) is 7.65. The van der Waals surface area contributed by atoms with E-state index in [0.717, 1.165) is 30.7 Å². The minimum absolute atomic E-state index is 0. The van der Waals surface area contributed by atoms with Gasteiger partial charge in [-0.15, -0.1) is 0 Å². The van der Waals surface area contributed by atoms with Crippen molar-refractivity contribution in [2.45, 2.75) is 45.6 Å². The molecule has 0 spiro atoms. The van der Waals surface area contributed by atoms with Crippen LogP contribution in [0.2, 0.25) is 0 Å². The predicted octanol–water partition coefficient (Wildman–Crippen LogP) is 1.98. The molecule has 0 unspecified atom stereocenters. The maximum Gasteiger partial charge on any atom is 0.183 e. The first-order valence-corrected chi connectivity index (χ1v) is 9.24. The third-order valence-corrected chi connectivity index (χ3v) is 4.99. The molecule has 0 saturated heterocycles. The van der Waals surface area contributed by atoms with Crippen LogP contribution in [0.4, 0.5) is 4.39 Å². The molecule has 140 valence electrons. The molecule has 1 aliphatic heterocycles. The predicted molar refractivity (Wildman–Crippen MR) is 100 cm³/mol. The molecule has 0 atom stereocenters. The molecule has 2 nitrogen and oxygen atoms in total. The summed E-state index contributed by atoms with van der Waals surface area (Å²) in [4.78, 5) is 0. The van der Waals surface area contributed by atoms with Crippen LogP contribution in [-0.2, 0) is 13.0 Å². The molecule has 0 radical (unpaired) electrons. The molecule has 1 aliphatic rings. The molecule has 0 amide bonds. The molecule has 0 aromatic heterocycles. The highest BCUT2D eigenvalue weighted by molar-refractivity contribution is 5.98. The van der Waals surface area contributed by atoms with Gasteiger partial charge in [0.2, 0.25) is 0 Å². The Labute approximate surface area is 162 Å². The van der Waals surface area contributed by atoms with E-state index < -0.39 is 0 Å². The van der Waals surface area contributed by atoms with Gasteiger partial charge < -0.3 is 17.1 Å². The number of halogens is 2. The third-order valence-electron chi connectivity index (χ3n) is 4.99. The van der Waals surface area contributed by atoms with Crippen LogP contribution >= 0.6 is 0 Å². The van der Waals surface area contributed by atoms with Crippen molar-refractivity contribution < 1.29 is 26.1 Å². The number of ether oxygens (including phenoxy) is 1. The smallest absolute Gasteiger partial charge is 0.183 e. The maximum absolute atomic E-state index is 14.1. The zero-order valence-corrected chi connectivity index (χ0v) is 16.4. The molecule has 1 heterocycles. The Balaban J connectivity index is 0.00000243. The average Bonchev–Trinajstić information content (AvgIpc) is 2.64. The van der Waals surface area contributed by atoms with Gasteiger partial charge in [-0.2, -0.15) is 0 Å². The first kappa shape index (κ1) is 20.4. The van der Waals surface area contributed by atoms with Gasteiger partial charge in [-0.05, 0) is 42.3 Å². The van der Waals surface area contributed by atoms with E-state index in [1.165, 1.54) is 36.1 Å². The first-order valence-electron chi connectivity index (χ1n) is 9.24. The number of hydrogen-bond acceptors (Lipinski definition) is 1. The quantitative estimate of drug-likeness (QED) is 0.532. The zero-order valence-electron chi connectivity index (χ0n) is 15.6. The minimum Gasteiger partial charge on any atom is -1.00 e. The van der Waals surface area contributed by atoms with E-state index in [9.17, 15) is 4.39 Å². The van der Waals surface area contributed by atoms with Crippen molar-refractivity contribution in [3.8, 4) is 5.75 Å². The van der Waals surface area contributed by atoms with Gasteiger partial charge in [-0.3, -0.25) is 0 Å². The Bertz CT molecular complexity index is 772. The number of unbranched alkanes of at least 4 members (excludes halogenated alkanes) is 2. The highest BCUT2D eigenvalue weighted by atomic mass is 35.5. The second-order valence-electron chi connectivity index (χ2n) is 6.69. The van der Waals surface area contributed by atoms with E-state index in [1.54, 1.807) is 19.2 Å². The van der Waals surface area contributed by atoms with Crippen LogP contribution in [-0.4, -0.2) is 23.9 Å². The molecule has 0 fully saturated rings. The topological polar surface area (TPSA) is 12.2 Å². The molecule has 0 N–H and O–H groups in total. The summed E-state index contributed by atoms with van der Waals surface area (Å²) in [7, 11) is 1.71. The van der Waals surface area contributed by atoms with Crippen molar-refractivity contribution >= 4 is 5.71 Å². The summed E-state index contributed by atoms with van der Waals surface area (Å²) in [6.07, 6.45) is 5.61. The molecular formula is C22H27ClFNO. The Morgan fingerprint density at radius 3 is 2.65 bits per heavy atom. The first-order chi connectivity index (χ1) is 12.2. The van der Waals surface area contributed by atoms with E-state index in [4.69, 9.17) is 4.74 Å². The summed E-state index contributed by atoms with van der Waals surface area (Å²) < 4.78 is 21.9. The summed E-state index contributed by atoms with van der Waals surface area (Å²) in [5.41, 5.74) is 4.77. The molecule has 2 aromatic carbocycles. The fourth-order valence-corrected chi connectivity index (χ4v) is 3.59. The van der Waals surface area contributed by atoms with Crippen LogP contribution in [0.3, 0.4) is 0 Å². The van der Waals surface area contributed by atoms with E-state index in [0.29, 0.717) is 6.54 Å². The van der Waals surface area contributed by atoms with Crippen molar-refractivity contribution in [3.63, 3.8) is 0 Å². The molecule has 3 rings (SSSR count). The van der Waals surface area contributed by atoms with Gasteiger partial charge in [0.05, 0.1) is 12.7 Å². The van der Waals surface area contributed by atoms with E-state index in [-0.39, 0.29) is 18.2 Å². The van der Waals surface area contributed by atoms with Gasteiger partial charge >= 0.3 is 0 Å². The molecule has 0 bridgehead atoms. The monoisotopic (exact) mass is 375 g/mol. The van der Waals surface area contributed by atoms with Crippen molar-refractivity contribution in [2.75, 3.05) is 13.7 Å². The van der Waals surface area contributed by atoms with Crippen molar-refractivity contribution in [2.24, 2.45) is 0 Å². The Morgan fingerprint density at radius 1 is 1.12 bits per heavy atom. The SMILES string of the molecule is CCCCCC1=[N+](Cc2ccccc2F)CCc2cc(OC)ccc21.[Cl-]. The summed E-state index contributed by atoms with van der Waals surface area (Å²) in [5.74, 6) is 0.796. The van der Waals surface area contributed by atoms with Crippen molar-refractivity contribution in [3.05, 3.63) is 65.0 Å². The van der Waals surface area contributed by atoms with Crippen LogP contribution in [0.1, 0.15) is 49.3 Å². The molecule has 4 heteroatoms. The van der Waals surface area contributed by atoms with Gasteiger partial charge in [0.25, 0.3) is 0 Å². The summed E-state index contributed by atoms with van der Waals surface area (Å²) in [6, 6.07) is 13.5. The zero-order chi connectivity index (χ0) is 17.6. The fraction of sp³-hybridized carbons (Fsp3) is 0.409. The van der Waals surface area contributed by atoms with Gasteiger partial charge in [-0.25, -0.2) is 8.97 Å². The molecule has 0 saturated carbocycles. The summed E-state index contributed by atoms with van der Waals surface area (Å²) in [5, 5.41) is 0. The van der Waals surface area contributed by atoms with Gasteiger partial charge in [0, 0.05) is 18.4 Å². The summed E-state index contributed by atoms with van der Waals surface area (Å²) >= 11 is 0. The number of nitrogens with zero attached hydrogens (tertiary/aromatic N) is 1. The van der Waals surface area contributed by atoms with E-state index >= 15 is 0 Å². The summed E-state index contributed by atoms with van der Waals surface area (Å²) in [6.45, 7) is 3.79. The van der Waals surface area contributed by atoms with Crippen molar-refractivity contribution in [1.29, 1.82) is 0 Å². The van der Waals surface area contributed by atoms with Gasteiger partial charge in [0.15, 0.2) is 12.3 Å². The largest absolute Gasteiger partial charge is 1.00 e. The van der Waals surface area contributed by atoms with Crippen LogP contribution in [0.15, 0.2) is 42.5 Å². The van der Waals surface area contributed by atoms with Crippen LogP contribution < -0.4 is 17.1 Å². The van der Waals surface area contributed by atoms with Crippen molar-refractivity contribution in [1.82, 2.24) is 0 Å². The highest BCUT2D eigenvalue weighted by Crippen LogP contribution is 2.25. The lowest BCUT2D eigenvalue weighted by Gasteiger charge is -2.20. The second kappa shape index (κ2) is 9.72. The molecule has 26 heavy (non-hydrogen) atoms. The average molecular weight is 376 g/mol. The lowest BCUT2D eigenvalue weighted by Crippen LogP contribution is -3.00. The van der Waals surface area contributed by atoms with E-state index in [2.05, 4.69) is 23.6 Å². The number of fused-ring (bicyclic) bond motifs is 1. The fourth-order valence-electron chi connectivity index (χ4n) is 3.59. The second-order valence-corrected chi connectivity index (χ2v) is 6.69. The minimum atomic E-state index is -0.115. The van der Waals surface area contributed by atoms with Crippen LogP contribution in [0, 0.1) is 5.82 Å².